The zero-order valence-corrected chi connectivity index (χ0v) is 21.9. The highest BCUT2D eigenvalue weighted by molar-refractivity contribution is 6.07. The number of rotatable bonds is 13. The highest BCUT2D eigenvalue weighted by Crippen LogP contribution is 2.38. The Balaban J connectivity index is 2.43. The summed E-state index contributed by atoms with van der Waals surface area (Å²) in [5, 5.41) is 31.0. The Morgan fingerprint density at radius 2 is 1.16 bits per heavy atom. The number of ether oxygens (including phenoxy) is 5. The minimum Gasteiger partial charge on any atom is -0.508 e. The number of esters is 1. The van der Waals surface area contributed by atoms with E-state index in [1.54, 1.807) is 6.92 Å². The lowest BCUT2D eigenvalue weighted by Crippen LogP contribution is -2.08. The maximum absolute atomic E-state index is 13.1. The van der Waals surface area contributed by atoms with E-state index in [1.807, 2.05) is 0 Å². The van der Waals surface area contributed by atoms with Crippen LogP contribution in [-0.4, -0.2) is 62.1 Å². The zero-order valence-electron chi connectivity index (χ0n) is 21.9. The molecule has 0 spiro atoms. The number of carbonyl (C=O) groups is 2. The van der Waals surface area contributed by atoms with Crippen molar-refractivity contribution in [3.05, 3.63) is 58.9 Å². The number of methoxy groups -OCH3 is 4. The fourth-order valence-corrected chi connectivity index (χ4v) is 3.41. The molecule has 204 valence electrons. The lowest BCUT2D eigenvalue weighted by molar-refractivity contribution is -0.143. The van der Waals surface area contributed by atoms with Gasteiger partial charge in [-0.15, -0.1) is 0 Å². The van der Waals surface area contributed by atoms with E-state index in [1.165, 1.54) is 77.0 Å². The third-order valence-corrected chi connectivity index (χ3v) is 5.36. The van der Waals surface area contributed by atoms with Crippen LogP contribution in [0.25, 0.3) is 12.2 Å². The van der Waals surface area contributed by atoms with Gasteiger partial charge in [0.15, 0.2) is 28.8 Å². The van der Waals surface area contributed by atoms with Crippen molar-refractivity contribution in [3.63, 3.8) is 0 Å². The summed E-state index contributed by atoms with van der Waals surface area (Å²) >= 11 is 0. The van der Waals surface area contributed by atoms with Gasteiger partial charge in [-0.05, 0) is 60.9 Å². The molecule has 38 heavy (non-hydrogen) atoms. The van der Waals surface area contributed by atoms with Gasteiger partial charge in [0, 0.05) is 12.0 Å². The number of phenolic OH excluding ortho intramolecular Hbond substituents is 2. The van der Waals surface area contributed by atoms with Crippen molar-refractivity contribution in [1.29, 1.82) is 0 Å². The highest BCUT2D eigenvalue weighted by Gasteiger charge is 2.16. The van der Waals surface area contributed by atoms with Crippen molar-refractivity contribution < 1.29 is 48.6 Å². The Labute approximate surface area is 221 Å². The summed E-state index contributed by atoms with van der Waals surface area (Å²) in [5.74, 6) is -1.16. The first-order valence-electron chi connectivity index (χ1n) is 11.6. The zero-order chi connectivity index (χ0) is 28.2. The molecule has 10 heteroatoms. The summed E-state index contributed by atoms with van der Waals surface area (Å²) in [6, 6.07) is 6.06. The first kappa shape index (κ1) is 29.6. The molecule has 2 aromatic rings. The van der Waals surface area contributed by atoms with Crippen LogP contribution in [-0.2, 0) is 14.3 Å². The van der Waals surface area contributed by atoms with Crippen LogP contribution in [0.1, 0.15) is 30.9 Å². The van der Waals surface area contributed by atoms with Crippen molar-refractivity contribution in [3.8, 4) is 34.5 Å². The SMILES string of the molecule is CCOC(=O)CC/C(C(=O)/C=C/c1cc(OC)c(O)c(OC)c1)=C(O)\C=C\c1cc(OC)c(O)c(OC)c1. The van der Waals surface area contributed by atoms with E-state index in [-0.39, 0.29) is 65.3 Å². The molecule has 10 nitrogen and oxygen atoms in total. The van der Waals surface area contributed by atoms with E-state index in [0.717, 1.165) is 0 Å². The molecule has 0 aromatic heterocycles. The number of hydrogen-bond acceptors (Lipinski definition) is 10. The molecule has 0 unspecified atom stereocenters. The van der Waals surface area contributed by atoms with Crippen molar-refractivity contribution in [2.24, 2.45) is 0 Å². The Morgan fingerprint density at radius 1 is 0.737 bits per heavy atom. The predicted molar refractivity (Wildman–Crippen MR) is 141 cm³/mol. The van der Waals surface area contributed by atoms with Gasteiger partial charge in [0.1, 0.15) is 5.76 Å². The largest absolute Gasteiger partial charge is 0.508 e. The molecule has 0 radical (unpaired) electrons. The van der Waals surface area contributed by atoms with Crippen molar-refractivity contribution in [1.82, 2.24) is 0 Å². The molecule has 0 fully saturated rings. The number of benzene rings is 2. The first-order chi connectivity index (χ1) is 18.2. The van der Waals surface area contributed by atoms with Crippen LogP contribution < -0.4 is 18.9 Å². The van der Waals surface area contributed by atoms with Crippen molar-refractivity contribution in [2.75, 3.05) is 35.0 Å². The van der Waals surface area contributed by atoms with Crippen molar-refractivity contribution >= 4 is 23.9 Å². The van der Waals surface area contributed by atoms with Crippen LogP contribution in [0.15, 0.2) is 47.7 Å². The molecular weight excluding hydrogens is 496 g/mol. The molecular formula is C28H32O10. The lowest BCUT2D eigenvalue weighted by atomic mass is 10.0. The van der Waals surface area contributed by atoms with E-state index in [9.17, 15) is 24.9 Å². The van der Waals surface area contributed by atoms with Gasteiger partial charge in [-0.2, -0.15) is 0 Å². The number of aromatic hydroxyl groups is 2. The molecule has 2 aromatic carbocycles. The molecule has 0 aliphatic heterocycles. The number of carbonyl (C=O) groups excluding carboxylic acids is 2. The topological polar surface area (TPSA) is 141 Å². The van der Waals surface area contributed by atoms with E-state index in [0.29, 0.717) is 11.1 Å². The molecule has 0 bridgehead atoms. The summed E-state index contributed by atoms with van der Waals surface area (Å²) in [6.45, 7) is 1.86. The van der Waals surface area contributed by atoms with Crippen LogP contribution in [0.4, 0.5) is 0 Å². The Morgan fingerprint density at radius 3 is 1.55 bits per heavy atom. The summed E-state index contributed by atoms with van der Waals surface area (Å²) in [7, 11) is 5.54. The van der Waals surface area contributed by atoms with E-state index < -0.39 is 11.8 Å². The second-order valence-electron chi connectivity index (χ2n) is 7.75. The summed E-state index contributed by atoms with van der Waals surface area (Å²) in [5.41, 5.74) is 0.980. The number of phenols is 2. The molecule has 0 amide bonds. The van der Waals surface area contributed by atoms with E-state index in [4.69, 9.17) is 23.7 Å². The first-order valence-corrected chi connectivity index (χ1v) is 11.6. The second-order valence-corrected chi connectivity index (χ2v) is 7.75. The number of hydrogen-bond donors (Lipinski definition) is 3. The average Bonchev–Trinajstić information content (AvgIpc) is 2.91. The molecule has 0 saturated heterocycles. The van der Waals surface area contributed by atoms with E-state index >= 15 is 0 Å². The number of allylic oxidation sites excluding steroid dienone is 3. The molecule has 2 rings (SSSR count). The van der Waals surface area contributed by atoms with Crippen LogP contribution in [0, 0.1) is 0 Å². The Kier molecular flexibility index (Phi) is 11.1. The lowest BCUT2D eigenvalue weighted by Gasteiger charge is -2.10. The van der Waals surface area contributed by atoms with Gasteiger partial charge in [-0.3, -0.25) is 9.59 Å². The number of aliphatic hydroxyl groups is 1. The van der Waals surface area contributed by atoms with Gasteiger partial charge in [-0.1, -0.05) is 12.2 Å². The molecule has 0 aliphatic carbocycles. The summed E-state index contributed by atoms with van der Waals surface area (Å²) in [4.78, 5) is 25.0. The monoisotopic (exact) mass is 528 g/mol. The quantitative estimate of drug-likeness (QED) is 0.146. The molecule has 0 aliphatic rings. The van der Waals surface area contributed by atoms with Gasteiger partial charge in [0.25, 0.3) is 0 Å². The van der Waals surface area contributed by atoms with Crippen LogP contribution >= 0.6 is 0 Å². The highest BCUT2D eigenvalue weighted by atomic mass is 16.5. The number of aliphatic hydroxyl groups excluding tert-OH is 1. The fourth-order valence-electron chi connectivity index (χ4n) is 3.41. The van der Waals surface area contributed by atoms with Gasteiger partial charge in [-0.25, -0.2) is 0 Å². The average molecular weight is 529 g/mol. The van der Waals surface area contributed by atoms with Gasteiger partial charge in [0.05, 0.1) is 35.0 Å². The van der Waals surface area contributed by atoms with E-state index in [2.05, 4.69) is 0 Å². The standard InChI is InChI=1S/C28H32O10/c1-6-38-26(31)12-9-19(20(29)10-7-17-13-22(34-2)27(32)23(14-17)35-3)21(30)11-8-18-15-24(36-4)28(33)25(16-18)37-5/h7-8,10-11,13-16,29,32-33H,6,9,12H2,1-5H3/b10-7+,11-8+,20-19-. The molecule has 0 saturated carbocycles. The third-order valence-electron chi connectivity index (χ3n) is 5.36. The maximum atomic E-state index is 13.1. The fraction of sp³-hybridized carbons (Fsp3) is 0.286. The van der Waals surface area contributed by atoms with Crippen LogP contribution in [0.3, 0.4) is 0 Å². The van der Waals surface area contributed by atoms with Crippen molar-refractivity contribution in [2.45, 2.75) is 19.8 Å². The summed E-state index contributed by atoms with van der Waals surface area (Å²) in [6.07, 6.45) is 5.28. The Hall–Kier alpha value is -4.60. The van der Waals surface area contributed by atoms with Gasteiger partial charge < -0.3 is 39.0 Å². The minimum atomic E-state index is -0.552. The normalized spacial score (nSPS) is 11.8. The van der Waals surface area contributed by atoms with Crippen LogP contribution in [0.2, 0.25) is 0 Å². The summed E-state index contributed by atoms with van der Waals surface area (Å²) < 4.78 is 25.5. The Bertz CT molecular complexity index is 1190. The smallest absolute Gasteiger partial charge is 0.306 e. The molecule has 0 atom stereocenters. The van der Waals surface area contributed by atoms with Gasteiger partial charge >= 0.3 is 5.97 Å². The molecule has 3 N–H and O–H groups in total. The second kappa shape index (κ2) is 14.2. The maximum Gasteiger partial charge on any atom is 0.306 e. The van der Waals surface area contributed by atoms with Gasteiger partial charge in [0.2, 0.25) is 11.5 Å². The predicted octanol–water partition coefficient (Wildman–Crippen LogP) is 4.58. The number of ketones is 1. The molecule has 0 heterocycles. The minimum absolute atomic E-state index is 0.0269. The van der Waals surface area contributed by atoms with Crippen LogP contribution in [0.5, 0.6) is 34.5 Å². The third kappa shape index (κ3) is 7.70.